The van der Waals surface area contributed by atoms with E-state index in [0.717, 1.165) is 17.5 Å². The number of carbonyl (C=O) groups is 1. The van der Waals surface area contributed by atoms with Crippen LogP contribution in [-0.2, 0) is 11.2 Å². The third-order valence-electron chi connectivity index (χ3n) is 2.18. The smallest absolute Gasteiger partial charge is 0.247 e. The van der Waals surface area contributed by atoms with Gasteiger partial charge >= 0.3 is 0 Å². The van der Waals surface area contributed by atoms with E-state index in [1.807, 2.05) is 12.3 Å². The van der Waals surface area contributed by atoms with Gasteiger partial charge in [0.1, 0.15) is 12.4 Å². The second kappa shape index (κ2) is 3.57. The Kier molecular flexibility index (Phi) is 2.26. The molecule has 0 aliphatic carbocycles. The lowest BCUT2D eigenvalue weighted by molar-refractivity contribution is -0.117. The molecular weight excluding hydrogens is 178 g/mol. The molecule has 0 fully saturated rings. The van der Waals surface area contributed by atoms with Crippen LogP contribution < -0.4 is 5.32 Å². The molecule has 2 rings (SSSR count). The molecule has 1 aromatic rings. The van der Waals surface area contributed by atoms with Crippen molar-refractivity contribution in [3.63, 3.8) is 0 Å². The standard InChI is InChI=1S/C10H11N3O/c1-2-7-5-11-4-3-8(7)10-12-6-9(14)13-10/h3-5H,2,6H2,1H3,(H,12,13,14). The molecule has 14 heavy (non-hydrogen) atoms. The minimum Gasteiger partial charge on any atom is -0.309 e. The van der Waals surface area contributed by atoms with E-state index in [1.165, 1.54) is 0 Å². The number of carbonyl (C=O) groups excluding carboxylic acids is 1. The summed E-state index contributed by atoms with van der Waals surface area (Å²) in [7, 11) is 0. The van der Waals surface area contributed by atoms with Crippen LogP contribution in [0.2, 0.25) is 0 Å². The van der Waals surface area contributed by atoms with E-state index < -0.39 is 0 Å². The van der Waals surface area contributed by atoms with Crippen LogP contribution >= 0.6 is 0 Å². The van der Waals surface area contributed by atoms with E-state index in [1.54, 1.807) is 6.20 Å². The molecule has 0 saturated carbocycles. The normalized spacial score (nSPS) is 15.2. The maximum atomic E-state index is 11.0. The summed E-state index contributed by atoms with van der Waals surface area (Å²) in [5.74, 6) is 0.633. The van der Waals surface area contributed by atoms with Gasteiger partial charge in [-0.05, 0) is 18.1 Å². The number of aliphatic imine (C=N–C) groups is 1. The van der Waals surface area contributed by atoms with Crippen molar-refractivity contribution in [1.29, 1.82) is 0 Å². The Bertz CT molecular complexity index is 398. The van der Waals surface area contributed by atoms with Gasteiger partial charge in [0.25, 0.3) is 0 Å². The van der Waals surface area contributed by atoms with Crippen LogP contribution in [-0.4, -0.2) is 23.3 Å². The van der Waals surface area contributed by atoms with Gasteiger partial charge in [-0.25, -0.2) is 0 Å². The van der Waals surface area contributed by atoms with Gasteiger partial charge in [-0.1, -0.05) is 6.92 Å². The molecule has 0 saturated heterocycles. The molecule has 0 unspecified atom stereocenters. The van der Waals surface area contributed by atoms with Crippen molar-refractivity contribution >= 4 is 11.7 Å². The van der Waals surface area contributed by atoms with Gasteiger partial charge in [-0.2, -0.15) is 0 Å². The fraction of sp³-hybridized carbons (Fsp3) is 0.300. The average Bonchev–Trinajstić information content (AvgIpc) is 2.65. The van der Waals surface area contributed by atoms with E-state index in [-0.39, 0.29) is 12.5 Å². The van der Waals surface area contributed by atoms with E-state index >= 15 is 0 Å². The fourth-order valence-corrected chi connectivity index (χ4v) is 1.45. The van der Waals surface area contributed by atoms with Crippen molar-refractivity contribution in [3.8, 4) is 0 Å². The highest BCUT2D eigenvalue weighted by atomic mass is 16.2. The lowest BCUT2D eigenvalue weighted by Crippen LogP contribution is -2.26. The number of amidine groups is 1. The molecule has 1 aliphatic heterocycles. The molecular formula is C10H11N3O. The first-order valence-electron chi connectivity index (χ1n) is 4.59. The van der Waals surface area contributed by atoms with Gasteiger partial charge in [0.15, 0.2) is 0 Å². The maximum absolute atomic E-state index is 11.0. The summed E-state index contributed by atoms with van der Waals surface area (Å²) in [5.41, 5.74) is 2.09. The predicted octanol–water partition coefficient (Wildman–Crippen LogP) is 0.520. The Morgan fingerprint density at radius 1 is 1.57 bits per heavy atom. The second-order valence-corrected chi connectivity index (χ2v) is 3.10. The molecule has 1 aliphatic rings. The van der Waals surface area contributed by atoms with E-state index in [2.05, 4.69) is 22.2 Å². The predicted molar refractivity (Wildman–Crippen MR) is 53.2 cm³/mol. The number of nitrogens with one attached hydrogen (secondary N) is 1. The minimum absolute atomic E-state index is 0.0427. The van der Waals surface area contributed by atoms with Crippen molar-refractivity contribution in [2.45, 2.75) is 13.3 Å². The molecule has 0 atom stereocenters. The van der Waals surface area contributed by atoms with Crippen molar-refractivity contribution < 1.29 is 4.79 Å². The number of pyridine rings is 1. The quantitative estimate of drug-likeness (QED) is 0.737. The molecule has 0 aromatic carbocycles. The summed E-state index contributed by atoms with van der Waals surface area (Å²) in [6, 6.07) is 1.88. The molecule has 72 valence electrons. The van der Waals surface area contributed by atoms with Gasteiger partial charge in [-0.3, -0.25) is 14.8 Å². The molecule has 1 aromatic heterocycles. The topological polar surface area (TPSA) is 54.4 Å². The summed E-state index contributed by atoms with van der Waals surface area (Å²) >= 11 is 0. The zero-order chi connectivity index (χ0) is 9.97. The van der Waals surface area contributed by atoms with Gasteiger partial charge in [0.05, 0.1) is 0 Å². The highest BCUT2D eigenvalue weighted by Gasteiger charge is 2.16. The number of hydrogen-bond acceptors (Lipinski definition) is 3. The first kappa shape index (κ1) is 8.87. The molecule has 0 radical (unpaired) electrons. The van der Waals surface area contributed by atoms with Crippen molar-refractivity contribution in [2.24, 2.45) is 4.99 Å². The molecule has 0 spiro atoms. The van der Waals surface area contributed by atoms with Gasteiger partial charge in [-0.15, -0.1) is 0 Å². The van der Waals surface area contributed by atoms with Gasteiger partial charge < -0.3 is 5.32 Å². The van der Waals surface area contributed by atoms with Gasteiger partial charge in [0.2, 0.25) is 5.91 Å². The number of nitrogens with zero attached hydrogens (tertiary/aromatic N) is 2. The average molecular weight is 189 g/mol. The first-order valence-corrected chi connectivity index (χ1v) is 4.59. The summed E-state index contributed by atoms with van der Waals surface area (Å²) in [6.07, 6.45) is 4.40. The monoisotopic (exact) mass is 189 g/mol. The van der Waals surface area contributed by atoms with Gasteiger partial charge in [0, 0.05) is 18.0 Å². The molecule has 0 bridgehead atoms. The summed E-state index contributed by atoms with van der Waals surface area (Å²) in [5, 5.41) is 2.73. The zero-order valence-electron chi connectivity index (χ0n) is 7.95. The summed E-state index contributed by atoms with van der Waals surface area (Å²) in [4.78, 5) is 19.1. The Balaban J connectivity index is 2.36. The lowest BCUT2D eigenvalue weighted by Gasteiger charge is -2.05. The zero-order valence-corrected chi connectivity index (χ0v) is 7.95. The van der Waals surface area contributed by atoms with Crippen LogP contribution in [0.25, 0.3) is 0 Å². The van der Waals surface area contributed by atoms with Crippen LogP contribution in [0.4, 0.5) is 0 Å². The van der Waals surface area contributed by atoms with Crippen molar-refractivity contribution in [3.05, 3.63) is 29.6 Å². The SMILES string of the molecule is CCc1cnccc1C1=NCC(=O)N1. The highest BCUT2D eigenvalue weighted by Crippen LogP contribution is 2.09. The number of aryl methyl sites for hydroxylation is 1. The van der Waals surface area contributed by atoms with E-state index in [4.69, 9.17) is 0 Å². The first-order chi connectivity index (χ1) is 6.81. The van der Waals surface area contributed by atoms with Crippen molar-refractivity contribution in [2.75, 3.05) is 6.54 Å². The van der Waals surface area contributed by atoms with Crippen LogP contribution in [0.3, 0.4) is 0 Å². The maximum Gasteiger partial charge on any atom is 0.247 e. The summed E-state index contributed by atoms with van der Waals surface area (Å²) in [6.45, 7) is 2.29. The number of rotatable bonds is 2. The number of hydrogen-bond donors (Lipinski definition) is 1. The van der Waals surface area contributed by atoms with Crippen LogP contribution in [0.5, 0.6) is 0 Å². The van der Waals surface area contributed by atoms with Crippen LogP contribution in [0, 0.1) is 0 Å². The lowest BCUT2D eigenvalue weighted by atomic mass is 10.1. The number of aromatic nitrogens is 1. The molecule has 4 nitrogen and oxygen atoms in total. The molecule has 1 amide bonds. The largest absolute Gasteiger partial charge is 0.309 e. The third kappa shape index (κ3) is 1.51. The third-order valence-corrected chi connectivity index (χ3v) is 2.18. The van der Waals surface area contributed by atoms with E-state index in [9.17, 15) is 4.79 Å². The Morgan fingerprint density at radius 3 is 3.07 bits per heavy atom. The van der Waals surface area contributed by atoms with E-state index in [0.29, 0.717) is 5.84 Å². The molecule has 1 N–H and O–H groups in total. The Morgan fingerprint density at radius 2 is 2.43 bits per heavy atom. The minimum atomic E-state index is -0.0427. The molecule has 4 heteroatoms. The van der Waals surface area contributed by atoms with Crippen LogP contribution in [0.1, 0.15) is 18.1 Å². The number of amides is 1. The second-order valence-electron chi connectivity index (χ2n) is 3.10. The molecule has 2 heterocycles. The summed E-state index contributed by atoms with van der Waals surface area (Å²) < 4.78 is 0. The highest BCUT2D eigenvalue weighted by molar-refractivity contribution is 6.12. The van der Waals surface area contributed by atoms with Crippen molar-refractivity contribution in [1.82, 2.24) is 10.3 Å². The van der Waals surface area contributed by atoms with Crippen LogP contribution in [0.15, 0.2) is 23.5 Å². The Hall–Kier alpha value is -1.71. The Labute approximate surface area is 82.1 Å². The fourth-order valence-electron chi connectivity index (χ4n) is 1.45.